The molecule has 0 aromatic heterocycles. The Morgan fingerprint density at radius 1 is 1.33 bits per heavy atom. The topological polar surface area (TPSA) is 86.9 Å². The molecule has 2 aliphatic rings. The van der Waals surface area contributed by atoms with E-state index in [9.17, 15) is 14.7 Å². The van der Waals surface area contributed by atoms with Gasteiger partial charge in [0.05, 0.1) is 0 Å². The average molecular weight is 339 g/mol. The van der Waals surface area contributed by atoms with E-state index in [1.165, 1.54) is 32.1 Å². The summed E-state index contributed by atoms with van der Waals surface area (Å²) in [5, 5.41) is 10.8. The molecule has 0 aromatic rings. The minimum Gasteiger partial charge on any atom is -0.379 e. The molecule has 6 heteroatoms. The number of amides is 2. The highest BCUT2D eigenvalue weighted by Crippen LogP contribution is 2.28. The van der Waals surface area contributed by atoms with Crippen LogP contribution in [0.3, 0.4) is 0 Å². The third-order valence-electron chi connectivity index (χ3n) is 5.51. The van der Waals surface area contributed by atoms with Gasteiger partial charge in [0.1, 0.15) is 0 Å². The summed E-state index contributed by atoms with van der Waals surface area (Å²) >= 11 is 0. The summed E-state index contributed by atoms with van der Waals surface area (Å²) in [7, 11) is 1.81. The van der Waals surface area contributed by atoms with Gasteiger partial charge in [-0.2, -0.15) is 0 Å². The molecule has 0 radical (unpaired) electrons. The standard InChI is InChI=1S/C18H33N3O3/c1-20(12-9-16(19)22)14-18(24)10-5-11-21(17(18)23)13-8-15-6-3-2-4-7-15/h15,24H,2-14H2,1H3,(H2,19,22)/t18-/m1/s1. The Labute approximate surface area is 145 Å². The van der Waals surface area contributed by atoms with Gasteiger partial charge in [0.2, 0.25) is 5.91 Å². The van der Waals surface area contributed by atoms with Crippen molar-refractivity contribution in [3.8, 4) is 0 Å². The van der Waals surface area contributed by atoms with Crippen LogP contribution in [0.1, 0.15) is 57.8 Å². The smallest absolute Gasteiger partial charge is 0.255 e. The second-order valence-corrected chi connectivity index (χ2v) is 7.67. The number of rotatable bonds is 8. The second-order valence-electron chi connectivity index (χ2n) is 7.67. The first-order valence-corrected chi connectivity index (χ1v) is 9.39. The number of likely N-dealkylation sites (tertiary alicyclic amines) is 1. The molecule has 1 aliphatic carbocycles. The van der Waals surface area contributed by atoms with Gasteiger partial charge in [0.15, 0.2) is 5.60 Å². The third-order valence-corrected chi connectivity index (χ3v) is 5.51. The Hall–Kier alpha value is -1.14. The summed E-state index contributed by atoms with van der Waals surface area (Å²) in [5.41, 5.74) is 3.84. The summed E-state index contributed by atoms with van der Waals surface area (Å²) in [6.07, 6.45) is 9.15. The van der Waals surface area contributed by atoms with Gasteiger partial charge in [-0.05, 0) is 32.2 Å². The van der Waals surface area contributed by atoms with Crippen molar-refractivity contribution in [3.63, 3.8) is 0 Å². The van der Waals surface area contributed by atoms with E-state index in [4.69, 9.17) is 5.73 Å². The van der Waals surface area contributed by atoms with Crippen LogP contribution in [0.4, 0.5) is 0 Å². The van der Waals surface area contributed by atoms with Crippen molar-refractivity contribution < 1.29 is 14.7 Å². The van der Waals surface area contributed by atoms with E-state index in [2.05, 4.69) is 0 Å². The van der Waals surface area contributed by atoms with Crippen LogP contribution in [-0.4, -0.2) is 65.5 Å². The largest absolute Gasteiger partial charge is 0.379 e. The summed E-state index contributed by atoms with van der Waals surface area (Å²) in [5.74, 6) is 0.230. The third kappa shape index (κ3) is 5.45. The highest BCUT2D eigenvalue weighted by atomic mass is 16.3. The molecule has 0 unspecified atom stereocenters. The quantitative estimate of drug-likeness (QED) is 0.694. The number of hydrogen-bond acceptors (Lipinski definition) is 4. The summed E-state index contributed by atoms with van der Waals surface area (Å²) in [6, 6.07) is 0. The zero-order chi connectivity index (χ0) is 17.6. The molecule has 2 amide bonds. The van der Waals surface area contributed by atoms with Gasteiger partial charge in [-0.3, -0.25) is 9.59 Å². The number of primary amides is 1. The van der Waals surface area contributed by atoms with Crippen molar-refractivity contribution in [2.45, 2.75) is 63.4 Å². The van der Waals surface area contributed by atoms with Gasteiger partial charge in [0, 0.05) is 32.6 Å². The van der Waals surface area contributed by atoms with Crippen LogP contribution in [0.2, 0.25) is 0 Å². The number of carbonyl (C=O) groups excluding carboxylic acids is 2. The lowest BCUT2D eigenvalue weighted by atomic mass is 9.86. The van der Waals surface area contributed by atoms with Crippen LogP contribution in [0.25, 0.3) is 0 Å². The molecule has 0 spiro atoms. The minimum atomic E-state index is -1.32. The molecule has 1 saturated heterocycles. The van der Waals surface area contributed by atoms with Gasteiger partial charge < -0.3 is 20.6 Å². The zero-order valence-electron chi connectivity index (χ0n) is 15.0. The summed E-state index contributed by atoms with van der Waals surface area (Å²) < 4.78 is 0. The first-order valence-electron chi connectivity index (χ1n) is 9.39. The van der Waals surface area contributed by atoms with Gasteiger partial charge in [-0.25, -0.2) is 0 Å². The highest BCUT2D eigenvalue weighted by molar-refractivity contribution is 5.86. The van der Waals surface area contributed by atoms with Gasteiger partial charge in [0.25, 0.3) is 5.91 Å². The molecule has 24 heavy (non-hydrogen) atoms. The first-order chi connectivity index (χ1) is 11.4. The second kappa shape index (κ2) is 8.81. The van der Waals surface area contributed by atoms with E-state index in [0.29, 0.717) is 13.0 Å². The number of piperidine rings is 1. The predicted molar refractivity (Wildman–Crippen MR) is 93.3 cm³/mol. The van der Waals surface area contributed by atoms with Crippen LogP contribution in [-0.2, 0) is 9.59 Å². The predicted octanol–water partition coefficient (Wildman–Crippen LogP) is 1.12. The van der Waals surface area contributed by atoms with E-state index in [-0.39, 0.29) is 24.8 Å². The normalized spacial score (nSPS) is 26.1. The number of aliphatic hydroxyl groups is 1. The van der Waals surface area contributed by atoms with Crippen LogP contribution in [0.5, 0.6) is 0 Å². The molecule has 0 bridgehead atoms. The van der Waals surface area contributed by atoms with E-state index in [0.717, 1.165) is 31.8 Å². The zero-order valence-corrected chi connectivity index (χ0v) is 15.0. The fourth-order valence-electron chi connectivity index (χ4n) is 4.07. The first kappa shape index (κ1) is 19.2. The van der Waals surface area contributed by atoms with Crippen LogP contribution < -0.4 is 5.73 Å². The molecule has 2 rings (SSSR count). The average Bonchev–Trinajstić information content (AvgIpc) is 2.55. The molecule has 1 aliphatic heterocycles. The van der Waals surface area contributed by atoms with Crippen molar-refractivity contribution in [1.29, 1.82) is 0 Å². The Morgan fingerprint density at radius 3 is 2.71 bits per heavy atom. The molecule has 3 N–H and O–H groups in total. The van der Waals surface area contributed by atoms with Crippen molar-refractivity contribution in [2.24, 2.45) is 11.7 Å². The van der Waals surface area contributed by atoms with E-state index in [1.54, 1.807) is 0 Å². The summed E-state index contributed by atoms with van der Waals surface area (Å²) in [4.78, 5) is 27.3. The molecule has 1 heterocycles. The van der Waals surface area contributed by atoms with E-state index >= 15 is 0 Å². The molecular formula is C18H33N3O3. The number of carbonyl (C=O) groups is 2. The van der Waals surface area contributed by atoms with Crippen molar-refractivity contribution in [3.05, 3.63) is 0 Å². The number of likely N-dealkylation sites (N-methyl/N-ethyl adjacent to an activating group) is 1. The maximum atomic E-state index is 12.8. The molecule has 2 fully saturated rings. The maximum absolute atomic E-state index is 12.8. The van der Waals surface area contributed by atoms with Gasteiger partial charge >= 0.3 is 0 Å². The fourth-order valence-corrected chi connectivity index (χ4v) is 4.07. The highest BCUT2D eigenvalue weighted by Gasteiger charge is 2.42. The van der Waals surface area contributed by atoms with Crippen LogP contribution in [0, 0.1) is 5.92 Å². The van der Waals surface area contributed by atoms with E-state index in [1.807, 2.05) is 16.8 Å². The van der Waals surface area contributed by atoms with Crippen molar-refractivity contribution >= 4 is 11.8 Å². The lowest BCUT2D eigenvalue weighted by Crippen LogP contribution is -2.58. The maximum Gasteiger partial charge on any atom is 0.255 e. The van der Waals surface area contributed by atoms with Crippen molar-refractivity contribution in [2.75, 3.05) is 33.2 Å². The molecule has 0 aromatic carbocycles. The number of nitrogens with two attached hydrogens (primary N) is 1. The monoisotopic (exact) mass is 339 g/mol. The van der Waals surface area contributed by atoms with Crippen LogP contribution >= 0.6 is 0 Å². The van der Waals surface area contributed by atoms with Gasteiger partial charge in [-0.15, -0.1) is 0 Å². The lowest BCUT2D eigenvalue weighted by Gasteiger charge is -2.40. The number of nitrogens with zero attached hydrogens (tertiary/aromatic N) is 2. The fraction of sp³-hybridized carbons (Fsp3) is 0.889. The van der Waals surface area contributed by atoms with E-state index < -0.39 is 5.60 Å². The van der Waals surface area contributed by atoms with Gasteiger partial charge in [-0.1, -0.05) is 32.1 Å². The lowest BCUT2D eigenvalue weighted by molar-refractivity contribution is -0.159. The summed E-state index contributed by atoms with van der Waals surface area (Å²) in [6.45, 7) is 2.24. The minimum absolute atomic E-state index is 0.143. The molecule has 1 saturated carbocycles. The molecule has 6 nitrogen and oxygen atoms in total. The Bertz CT molecular complexity index is 437. The Balaban J connectivity index is 1.84. The Kier molecular flexibility index (Phi) is 7.04. The van der Waals surface area contributed by atoms with Crippen molar-refractivity contribution in [1.82, 2.24) is 9.80 Å². The molecular weight excluding hydrogens is 306 g/mol. The Morgan fingerprint density at radius 2 is 2.04 bits per heavy atom. The van der Waals surface area contributed by atoms with Crippen LogP contribution in [0.15, 0.2) is 0 Å². The molecule has 1 atom stereocenters. The SMILES string of the molecule is CN(CCC(N)=O)C[C@]1(O)CCCN(CCC2CCCCC2)C1=O. The number of hydrogen-bond donors (Lipinski definition) is 2. The molecule has 138 valence electrons.